The Bertz CT molecular complexity index is 356. The van der Waals surface area contributed by atoms with E-state index in [1.54, 1.807) is 0 Å². The van der Waals surface area contributed by atoms with E-state index in [4.69, 9.17) is 5.73 Å². The minimum Gasteiger partial charge on any atom is -0.384 e. The molecule has 0 aliphatic rings. The number of aryl methyl sites for hydroxylation is 1. The van der Waals surface area contributed by atoms with Gasteiger partial charge in [-0.15, -0.1) is 0 Å². The van der Waals surface area contributed by atoms with Gasteiger partial charge in [-0.1, -0.05) is 6.92 Å². The molecule has 0 spiro atoms. The van der Waals surface area contributed by atoms with Gasteiger partial charge in [-0.2, -0.15) is 11.8 Å². The number of thioether (sulfide) groups is 1. The number of hydrogen-bond donors (Lipinski definition) is 1. The molecule has 1 aromatic heterocycles. The largest absolute Gasteiger partial charge is 0.384 e. The van der Waals surface area contributed by atoms with E-state index in [0.29, 0.717) is 11.9 Å². The molecule has 1 atom stereocenters. The summed E-state index contributed by atoms with van der Waals surface area (Å²) in [4.78, 5) is 10.9. The average Bonchev–Trinajstić information content (AvgIpc) is 2.34. The summed E-state index contributed by atoms with van der Waals surface area (Å²) in [6.07, 6.45) is 4.08. The molecular formula is C12H22N4S. The topological polar surface area (TPSA) is 55.0 Å². The van der Waals surface area contributed by atoms with Crippen LogP contribution in [0.15, 0.2) is 6.07 Å². The van der Waals surface area contributed by atoms with Gasteiger partial charge in [-0.05, 0) is 25.4 Å². The van der Waals surface area contributed by atoms with Crippen molar-refractivity contribution >= 4 is 23.4 Å². The first-order valence-electron chi connectivity index (χ1n) is 5.93. The van der Waals surface area contributed by atoms with Crippen LogP contribution >= 0.6 is 11.8 Å². The minimum absolute atomic E-state index is 0.460. The number of nitrogens with zero attached hydrogens (tertiary/aromatic N) is 3. The molecular weight excluding hydrogens is 232 g/mol. The summed E-state index contributed by atoms with van der Waals surface area (Å²) in [5, 5.41) is 0. The van der Waals surface area contributed by atoms with Crippen LogP contribution in [0.25, 0.3) is 0 Å². The Morgan fingerprint density at radius 2 is 2.18 bits per heavy atom. The molecule has 0 aliphatic heterocycles. The Labute approximate surface area is 108 Å². The lowest BCUT2D eigenvalue weighted by molar-refractivity contribution is 0.659. The van der Waals surface area contributed by atoms with Gasteiger partial charge < -0.3 is 10.6 Å². The van der Waals surface area contributed by atoms with Crippen LogP contribution in [0.1, 0.15) is 26.1 Å². The summed E-state index contributed by atoms with van der Waals surface area (Å²) in [6.45, 7) is 4.25. The molecule has 17 heavy (non-hydrogen) atoms. The summed E-state index contributed by atoms with van der Waals surface area (Å²) < 4.78 is 0. The van der Waals surface area contributed by atoms with E-state index in [1.807, 2.05) is 24.8 Å². The van der Waals surface area contributed by atoms with E-state index in [-0.39, 0.29) is 0 Å². The molecule has 0 fully saturated rings. The SMILES string of the molecule is CCc1nc(N)cc(N(C)C(C)CCSC)n1. The van der Waals surface area contributed by atoms with Crippen LogP contribution in [0.4, 0.5) is 11.6 Å². The molecule has 2 N–H and O–H groups in total. The molecule has 96 valence electrons. The number of nitrogen functional groups attached to an aromatic ring is 1. The van der Waals surface area contributed by atoms with Gasteiger partial charge in [-0.25, -0.2) is 9.97 Å². The summed E-state index contributed by atoms with van der Waals surface area (Å²) in [5.74, 6) is 3.44. The fourth-order valence-electron chi connectivity index (χ4n) is 1.55. The van der Waals surface area contributed by atoms with Gasteiger partial charge in [0.2, 0.25) is 0 Å². The van der Waals surface area contributed by atoms with Crippen molar-refractivity contribution in [2.45, 2.75) is 32.7 Å². The van der Waals surface area contributed by atoms with Crippen LogP contribution in [0, 0.1) is 0 Å². The first-order chi connectivity index (χ1) is 8.08. The standard InChI is InChI=1S/C12H22N4S/c1-5-11-14-10(13)8-12(15-11)16(3)9(2)6-7-17-4/h8-9H,5-7H2,1-4H3,(H2,13,14,15). The van der Waals surface area contributed by atoms with Crippen LogP contribution < -0.4 is 10.6 Å². The number of hydrogen-bond acceptors (Lipinski definition) is 5. The van der Waals surface area contributed by atoms with Gasteiger partial charge in [0.1, 0.15) is 17.5 Å². The second-order valence-electron chi connectivity index (χ2n) is 4.16. The average molecular weight is 254 g/mol. The van der Waals surface area contributed by atoms with Crippen LogP contribution in [-0.4, -0.2) is 35.1 Å². The monoisotopic (exact) mass is 254 g/mol. The van der Waals surface area contributed by atoms with Crippen molar-refractivity contribution < 1.29 is 0 Å². The predicted molar refractivity (Wildman–Crippen MR) is 76.7 cm³/mol. The fraction of sp³-hybridized carbons (Fsp3) is 0.667. The first-order valence-corrected chi connectivity index (χ1v) is 7.33. The van der Waals surface area contributed by atoms with Crippen molar-refractivity contribution in [2.24, 2.45) is 0 Å². The van der Waals surface area contributed by atoms with Gasteiger partial charge in [-0.3, -0.25) is 0 Å². The minimum atomic E-state index is 0.460. The third-order valence-corrected chi connectivity index (χ3v) is 3.50. The third-order valence-electron chi connectivity index (χ3n) is 2.86. The highest BCUT2D eigenvalue weighted by molar-refractivity contribution is 7.98. The maximum absolute atomic E-state index is 5.79. The molecule has 0 bridgehead atoms. The van der Waals surface area contributed by atoms with Crippen molar-refractivity contribution in [1.29, 1.82) is 0 Å². The molecule has 0 saturated heterocycles. The Hall–Kier alpha value is -0.970. The lowest BCUT2D eigenvalue weighted by Gasteiger charge is -2.26. The summed E-state index contributed by atoms with van der Waals surface area (Å²) in [7, 11) is 2.06. The first kappa shape index (κ1) is 14.1. The van der Waals surface area contributed by atoms with Gasteiger partial charge >= 0.3 is 0 Å². The Morgan fingerprint density at radius 3 is 2.76 bits per heavy atom. The molecule has 4 nitrogen and oxygen atoms in total. The maximum atomic E-state index is 5.79. The smallest absolute Gasteiger partial charge is 0.134 e. The molecule has 0 saturated carbocycles. The highest BCUT2D eigenvalue weighted by Crippen LogP contribution is 2.17. The molecule has 5 heteroatoms. The summed E-state index contributed by atoms with van der Waals surface area (Å²) >= 11 is 1.87. The number of aromatic nitrogens is 2. The van der Waals surface area contributed by atoms with Crippen molar-refractivity contribution in [2.75, 3.05) is 29.7 Å². The van der Waals surface area contributed by atoms with Gasteiger partial charge in [0.25, 0.3) is 0 Å². The molecule has 1 unspecified atom stereocenters. The van der Waals surface area contributed by atoms with Gasteiger partial charge in [0.05, 0.1) is 0 Å². The van der Waals surface area contributed by atoms with Crippen molar-refractivity contribution in [3.8, 4) is 0 Å². The van der Waals surface area contributed by atoms with Crippen LogP contribution in [0.3, 0.4) is 0 Å². The zero-order chi connectivity index (χ0) is 12.8. The van der Waals surface area contributed by atoms with Crippen molar-refractivity contribution in [1.82, 2.24) is 9.97 Å². The molecule has 1 aromatic rings. The summed E-state index contributed by atoms with van der Waals surface area (Å²) in [6, 6.07) is 2.30. The van der Waals surface area contributed by atoms with E-state index < -0.39 is 0 Å². The highest BCUT2D eigenvalue weighted by Gasteiger charge is 2.12. The highest BCUT2D eigenvalue weighted by atomic mass is 32.2. The third kappa shape index (κ3) is 4.07. The zero-order valence-corrected chi connectivity index (χ0v) is 11.9. The second-order valence-corrected chi connectivity index (χ2v) is 5.15. The lowest BCUT2D eigenvalue weighted by Crippen LogP contribution is -2.30. The second kappa shape index (κ2) is 6.69. The van der Waals surface area contributed by atoms with E-state index in [1.165, 1.54) is 0 Å². The number of nitrogens with two attached hydrogens (primary N) is 1. The van der Waals surface area contributed by atoms with Crippen molar-refractivity contribution in [3.63, 3.8) is 0 Å². The van der Waals surface area contributed by atoms with E-state index in [2.05, 4.69) is 35.1 Å². The number of rotatable bonds is 6. The zero-order valence-electron chi connectivity index (χ0n) is 11.1. The molecule has 0 aliphatic carbocycles. The van der Waals surface area contributed by atoms with Crippen LogP contribution in [0.2, 0.25) is 0 Å². The molecule has 1 heterocycles. The van der Waals surface area contributed by atoms with Gasteiger partial charge in [0.15, 0.2) is 0 Å². The van der Waals surface area contributed by atoms with Crippen molar-refractivity contribution in [3.05, 3.63) is 11.9 Å². The molecule has 0 radical (unpaired) electrons. The normalized spacial score (nSPS) is 12.5. The van der Waals surface area contributed by atoms with E-state index in [9.17, 15) is 0 Å². The quantitative estimate of drug-likeness (QED) is 0.843. The van der Waals surface area contributed by atoms with Gasteiger partial charge in [0, 0.05) is 25.6 Å². The van der Waals surface area contributed by atoms with Crippen LogP contribution in [-0.2, 0) is 6.42 Å². The maximum Gasteiger partial charge on any atom is 0.134 e. The molecule has 1 rings (SSSR count). The Kier molecular flexibility index (Phi) is 5.55. The molecule has 0 amide bonds. The Balaban J connectivity index is 2.80. The summed E-state index contributed by atoms with van der Waals surface area (Å²) in [5.41, 5.74) is 5.79. The van der Waals surface area contributed by atoms with E-state index in [0.717, 1.165) is 30.2 Å². The Morgan fingerprint density at radius 1 is 1.47 bits per heavy atom. The lowest BCUT2D eigenvalue weighted by atomic mass is 10.2. The predicted octanol–water partition coefficient (Wildman–Crippen LogP) is 2.20. The number of anilines is 2. The fourth-order valence-corrected chi connectivity index (χ4v) is 2.13. The van der Waals surface area contributed by atoms with E-state index >= 15 is 0 Å². The molecule has 0 aromatic carbocycles. The van der Waals surface area contributed by atoms with Crippen LogP contribution in [0.5, 0.6) is 0 Å².